The van der Waals surface area contributed by atoms with Crippen molar-refractivity contribution < 1.29 is 0 Å². The van der Waals surface area contributed by atoms with Gasteiger partial charge in [-0.2, -0.15) is 0 Å². The minimum absolute atomic E-state index is 0.813. The Morgan fingerprint density at radius 3 is 2.94 bits per heavy atom. The molecule has 2 N–H and O–H groups in total. The van der Waals surface area contributed by atoms with Crippen LogP contribution < -0.4 is 5.32 Å². The maximum Gasteiger partial charge on any atom is 0.0491 e. The standard InChI is InChI=1S/C16H22N2/c1-3-13-5-4-6-14-15(11(2)18-16(13)14)9-12-7-8-17-10-12/h4-6,12,17-18H,3,7-10H2,1-2H3. The van der Waals surface area contributed by atoms with Gasteiger partial charge in [-0.3, -0.25) is 0 Å². The molecule has 2 heterocycles. The molecule has 1 aromatic heterocycles. The molecule has 2 nitrogen and oxygen atoms in total. The molecular formula is C16H22N2. The highest BCUT2D eigenvalue weighted by atomic mass is 14.9. The lowest BCUT2D eigenvalue weighted by Crippen LogP contribution is -2.11. The summed E-state index contributed by atoms with van der Waals surface area (Å²) in [6.45, 7) is 6.81. The molecule has 1 atom stereocenters. The Morgan fingerprint density at radius 1 is 1.33 bits per heavy atom. The van der Waals surface area contributed by atoms with Crippen molar-refractivity contribution in [3.63, 3.8) is 0 Å². The maximum absolute atomic E-state index is 3.60. The Kier molecular flexibility index (Phi) is 3.13. The first-order valence-corrected chi connectivity index (χ1v) is 7.09. The van der Waals surface area contributed by atoms with Crippen LogP contribution in [-0.4, -0.2) is 18.1 Å². The molecule has 0 bridgehead atoms. The molecule has 2 heteroatoms. The number of hydrogen-bond donors (Lipinski definition) is 2. The maximum atomic E-state index is 3.60. The summed E-state index contributed by atoms with van der Waals surface area (Å²) in [5.74, 6) is 0.813. The van der Waals surface area contributed by atoms with E-state index in [0.717, 1.165) is 12.3 Å². The van der Waals surface area contributed by atoms with Crippen LogP contribution in [0.4, 0.5) is 0 Å². The van der Waals surface area contributed by atoms with Crippen LogP contribution in [0, 0.1) is 12.8 Å². The molecule has 1 fully saturated rings. The van der Waals surface area contributed by atoms with Gasteiger partial charge < -0.3 is 10.3 Å². The molecule has 1 unspecified atom stereocenters. The van der Waals surface area contributed by atoms with Crippen LogP contribution in [0.25, 0.3) is 10.9 Å². The fraction of sp³-hybridized carbons (Fsp3) is 0.500. The van der Waals surface area contributed by atoms with E-state index in [4.69, 9.17) is 0 Å². The van der Waals surface area contributed by atoms with E-state index in [1.807, 2.05) is 0 Å². The van der Waals surface area contributed by atoms with Crippen molar-refractivity contribution in [1.29, 1.82) is 0 Å². The number of para-hydroxylation sites is 1. The lowest BCUT2D eigenvalue weighted by atomic mass is 9.96. The largest absolute Gasteiger partial charge is 0.358 e. The fourth-order valence-corrected chi connectivity index (χ4v) is 3.20. The van der Waals surface area contributed by atoms with E-state index in [1.165, 1.54) is 53.7 Å². The number of H-pyrrole nitrogens is 1. The van der Waals surface area contributed by atoms with E-state index < -0.39 is 0 Å². The molecule has 1 aliphatic heterocycles. The van der Waals surface area contributed by atoms with Crippen LogP contribution >= 0.6 is 0 Å². The van der Waals surface area contributed by atoms with Gasteiger partial charge in [0.1, 0.15) is 0 Å². The first kappa shape index (κ1) is 11.8. The van der Waals surface area contributed by atoms with Crippen LogP contribution in [0.2, 0.25) is 0 Å². The van der Waals surface area contributed by atoms with Gasteiger partial charge in [-0.15, -0.1) is 0 Å². The van der Waals surface area contributed by atoms with Crippen molar-refractivity contribution in [2.24, 2.45) is 5.92 Å². The molecular weight excluding hydrogens is 220 g/mol. The highest BCUT2D eigenvalue weighted by molar-refractivity contribution is 5.87. The van der Waals surface area contributed by atoms with E-state index in [0.29, 0.717) is 0 Å². The van der Waals surface area contributed by atoms with Crippen molar-refractivity contribution >= 4 is 10.9 Å². The normalized spacial score (nSPS) is 19.8. The van der Waals surface area contributed by atoms with E-state index in [1.54, 1.807) is 0 Å². The molecule has 1 aliphatic rings. The number of nitrogens with one attached hydrogen (secondary N) is 2. The quantitative estimate of drug-likeness (QED) is 0.850. The second-order valence-electron chi connectivity index (χ2n) is 5.48. The van der Waals surface area contributed by atoms with Crippen LogP contribution in [0.3, 0.4) is 0 Å². The van der Waals surface area contributed by atoms with E-state index >= 15 is 0 Å². The zero-order valence-corrected chi connectivity index (χ0v) is 11.3. The minimum Gasteiger partial charge on any atom is -0.358 e. The smallest absolute Gasteiger partial charge is 0.0491 e. The molecule has 96 valence electrons. The topological polar surface area (TPSA) is 27.8 Å². The van der Waals surface area contributed by atoms with Gasteiger partial charge in [0.15, 0.2) is 0 Å². The molecule has 18 heavy (non-hydrogen) atoms. The molecule has 0 aliphatic carbocycles. The Labute approximate surface area is 109 Å². The zero-order chi connectivity index (χ0) is 12.5. The number of benzene rings is 1. The van der Waals surface area contributed by atoms with Gasteiger partial charge in [-0.25, -0.2) is 0 Å². The summed E-state index contributed by atoms with van der Waals surface area (Å²) >= 11 is 0. The number of aromatic nitrogens is 1. The summed E-state index contributed by atoms with van der Waals surface area (Å²) in [5.41, 5.74) is 5.69. The average molecular weight is 242 g/mol. The summed E-state index contributed by atoms with van der Waals surface area (Å²) in [5, 5.41) is 4.91. The Balaban J connectivity index is 2.02. The van der Waals surface area contributed by atoms with Gasteiger partial charge in [0.05, 0.1) is 0 Å². The third-order valence-electron chi connectivity index (χ3n) is 4.28. The number of aryl methyl sites for hydroxylation is 2. The monoisotopic (exact) mass is 242 g/mol. The molecule has 0 spiro atoms. The molecule has 1 aromatic carbocycles. The summed E-state index contributed by atoms with van der Waals surface area (Å²) in [7, 11) is 0. The SMILES string of the molecule is CCc1cccc2c(CC3CCNC3)c(C)[nH]c12. The molecule has 0 radical (unpaired) electrons. The van der Waals surface area contributed by atoms with Crippen molar-refractivity contribution in [2.45, 2.75) is 33.1 Å². The molecule has 3 rings (SSSR count). The highest BCUT2D eigenvalue weighted by Gasteiger charge is 2.18. The highest BCUT2D eigenvalue weighted by Crippen LogP contribution is 2.28. The number of rotatable bonds is 3. The van der Waals surface area contributed by atoms with Gasteiger partial charge in [-0.05, 0) is 56.3 Å². The van der Waals surface area contributed by atoms with Gasteiger partial charge in [0, 0.05) is 16.6 Å². The Morgan fingerprint density at radius 2 is 2.22 bits per heavy atom. The fourth-order valence-electron chi connectivity index (χ4n) is 3.20. The van der Waals surface area contributed by atoms with Crippen molar-refractivity contribution in [1.82, 2.24) is 10.3 Å². The Hall–Kier alpha value is -1.28. The molecule has 0 saturated carbocycles. The Bertz CT molecular complexity index is 547. The summed E-state index contributed by atoms with van der Waals surface area (Å²) < 4.78 is 0. The van der Waals surface area contributed by atoms with Gasteiger partial charge in [-0.1, -0.05) is 25.1 Å². The number of hydrogen-bond acceptors (Lipinski definition) is 1. The number of fused-ring (bicyclic) bond motifs is 1. The lowest BCUT2D eigenvalue weighted by Gasteiger charge is -2.08. The van der Waals surface area contributed by atoms with Gasteiger partial charge in [0.2, 0.25) is 0 Å². The second kappa shape index (κ2) is 4.77. The van der Waals surface area contributed by atoms with Crippen LogP contribution in [0.15, 0.2) is 18.2 Å². The third-order valence-corrected chi connectivity index (χ3v) is 4.28. The van der Waals surface area contributed by atoms with Crippen molar-refractivity contribution in [3.8, 4) is 0 Å². The molecule has 2 aromatic rings. The first-order valence-electron chi connectivity index (χ1n) is 7.09. The first-order chi connectivity index (χ1) is 8.79. The number of aromatic amines is 1. The van der Waals surface area contributed by atoms with Gasteiger partial charge >= 0.3 is 0 Å². The molecule has 0 amide bonds. The van der Waals surface area contributed by atoms with Crippen LogP contribution in [-0.2, 0) is 12.8 Å². The average Bonchev–Trinajstić information content (AvgIpc) is 2.99. The lowest BCUT2D eigenvalue weighted by molar-refractivity contribution is 0.580. The summed E-state index contributed by atoms with van der Waals surface area (Å²) in [6, 6.07) is 6.71. The van der Waals surface area contributed by atoms with E-state index in [-0.39, 0.29) is 0 Å². The van der Waals surface area contributed by atoms with Crippen LogP contribution in [0.1, 0.15) is 30.2 Å². The summed E-state index contributed by atoms with van der Waals surface area (Å²) in [6.07, 6.45) is 3.63. The zero-order valence-electron chi connectivity index (χ0n) is 11.3. The summed E-state index contributed by atoms with van der Waals surface area (Å²) in [4.78, 5) is 3.60. The predicted octanol–water partition coefficient (Wildman–Crippen LogP) is 3.19. The van der Waals surface area contributed by atoms with Crippen molar-refractivity contribution in [3.05, 3.63) is 35.0 Å². The van der Waals surface area contributed by atoms with E-state index in [2.05, 4.69) is 42.3 Å². The predicted molar refractivity (Wildman–Crippen MR) is 77.1 cm³/mol. The second-order valence-corrected chi connectivity index (χ2v) is 5.48. The molecule has 1 saturated heterocycles. The van der Waals surface area contributed by atoms with E-state index in [9.17, 15) is 0 Å². The van der Waals surface area contributed by atoms with Crippen LogP contribution in [0.5, 0.6) is 0 Å². The van der Waals surface area contributed by atoms with Crippen molar-refractivity contribution in [2.75, 3.05) is 13.1 Å². The minimum atomic E-state index is 0.813. The third kappa shape index (κ3) is 1.95. The van der Waals surface area contributed by atoms with Gasteiger partial charge in [0.25, 0.3) is 0 Å².